The van der Waals surface area contributed by atoms with Gasteiger partial charge >= 0.3 is 0 Å². The number of allylic oxidation sites excluding steroid dienone is 1. The smallest absolute Gasteiger partial charge is 0.195 e. The highest BCUT2D eigenvalue weighted by molar-refractivity contribution is 9.10. The van der Waals surface area contributed by atoms with E-state index in [0.29, 0.717) is 14.8 Å². The number of aromatic hydroxyl groups is 1. The average Bonchev–Trinajstić information content (AvgIpc) is 2.77. The van der Waals surface area contributed by atoms with Gasteiger partial charge in [-0.1, -0.05) is 27.5 Å². The molecule has 0 fully saturated rings. The van der Waals surface area contributed by atoms with Crippen molar-refractivity contribution < 1.29 is 9.90 Å². The molecule has 92 valence electrons. The van der Waals surface area contributed by atoms with E-state index in [2.05, 4.69) is 15.9 Å². The molecule has 0 spiro atoms. The van der Waals surface area contributed by atoms with E-state index < -0.39 is 0 Å². The largest absolute Gasteiger partial charge is 0.507 e. The van der Waals surface area contributed by atoms with Crippen molar-refractivity contribution in [1.82, 2.24) is 0 Å². The van der Waals surface area contributed by atoms with Gasteiger partial charge in [-0.2, -0.15) is 0 Å². The second kappa shape index (κ2) is 5.69. The quantitative estimate of drug-likeness (QED) is 0.644. The lowest BCUT2D eigenvalue weighted by molar-refractivity contribution is 0.105. The molecule has 1 N–H and O–H groups in total. The first-order chi connectivity index (χ1) is 8.56. The monoisotopic (exact) mass is 342 g/mol. The minimum Gasteiger partial charge on any atom is -0.507 e. The van der Waals surface area contributed by atoms with Gasteiger partial charge in [-0.05, 0) is 42.5 Å². The van der Waals surface area contributed by atoms with E-state index in [0.717, 1.165) is 4.47 Å². The summed E-state index contributed by atoms with van der Waals surface area (Å²) >= 11 is 10.3. The topological polar surface area (TPSA) is 37.3 Å². The number of carbonyl (C=O) groups is 1. The summed E-state index contributed by atoms with van der Waals surface area (Å²) in [5.74, 6) is -0.00209. The summed E-state index contributed by atoms with van der Waals surface area (Å²) in [6.45, 7) is 0. The van der Waals surface area contributed by atoms with Crippen LogP contribution in [-0.2, 0) is 0 Å². The van der Waals surface area contributed by atoms with Gasteiger partial charge < -0.3 is 5.11 Å². The Balaban J connectivity index is 2.20. The van der Waals surface area contributed by atoms with Crippen molar-refractivity contribution in [3.63, 3.8) is 0 Å². The molecule has 2 rings (SSSR count). The number of benzene rings is 1. The van der Waals surface area contributed by atoms with Crippen LogP contribution in [0.4, 0.5) is 0 Å². The number of phenolic OH excluding ortho intramolecular Hbond substituents is 1. The van der Waals surface area contributed by atoms with E-state index in [1.807, 2.05) is 0 Å². The summed E-state index contributed by atoms with van der Waals surface area (Å²) in [6, 6.07) is 8.40. The molecule has 0 bridgehead atoms. The van der Waals surface area contributed by atoms with Crippen LogP contribution in [0, 0.1) is 0 Å². The first-order valence-electron chi connectivity index (χ1n) is 5.02. The molecule has 1 aromatic carbocycles. The predicted octanol–water partition coefficient (Wildman–Crippen LogP) is 4.77. The number of hydrogen-bond donors (Lipinski definition) is 1. The van der Waals surface area contributed by atoms with Gasteiger partial charge in [0.05, 0.1) is 9.21 Å². The molecule has 0 unspecified atom stereocenters. The van der Waals surface area contributed by atoms with Crippen LogP contribution in [0.15, 0.2) is 40.9 Å². The van der Waals surface area contributed by atoms with E-state index in [-0.39, 0.29) is 11.5 Å². The van der Waals surface area contributed by atoms with Crippen LogP contribution in [0.3, 0.4) is 0 Å². The standard InChI is InChI=1S/C13H8BrClO2S/c14-9-2-4-10(16)8(7-9)1-3-11(17)12-5-6-13(15)18-12/h1-7,16H/b3-1+. The van der Waals surface area contributed by atoms with Gasteiger partial charge in [-0.15, -0.1) is 11.3 Å². The Kier molecular flexibility index (Phi) is 4.22. The Morgan fingerprint density at radius 1 is 1.33 bits per heavy atom. The van der Waals surface area contributed by atoms with E-state index in [1.165, 1.54) is 17.4 Å². The zero-order chi connectivity index (χ0) is 13.1. The zero-order valence-electron chi connectivity index (χ0n) is 9.06. The first kappa shape index (κ1) is 13.3. The van der Waals surface area contributed by atoms with Crippen molar-refractivity contribution in [3.8, 4) is 5.75 Å². The van der Waals surface area contributed by atoms with Crippen molar-refractivity contribution >= 4 is 50.7 Å². The summed E-state index contributed by atoms with van der Waals surface area (Å²) in [5.41, 5.74) is 0.584. The second-order valence-corrected chi connectivity index (χ2v) is 6.14. The molecule has 5 heteroatoms. The van der Waals surface area contributed by atoms with Crippen molar-refractivity contribution in [2.45, 2.75) is 0 Å². The van der Waals surface area contributed by atoms with Gasteiger partial charge in [-0.25, -0.2) is 0 Å². The SMILES string of the molecule is O=C(/C=C/c1cc(Br)ccc1O)c1ccc(Cl)s1. The normalized spacial score (nSPS) is 11.0. The van der Waals surface area contributed by atoms with Gasteiger partial charge in [0.2, 0.25) is 0 Å². The zero-order valence-corrected chi connectivity index (χ0v) is 12.2. The molecule has 0 amide bonds. The Bertz CT molecular complexity index is 619. The van der Waals surface area contributed by atoms with E-state index >= 15 is 0 Å². The lowest BCUT2D eigenvalue weighted by atomic mass is 10.1. The van der Waals surface area contributed by atoms with Gasteiger partial charge in [0.1, 0.15) is 5.75 Å². The molecule has 0 aliphatic heterocycles. The fourth-order valence-electron chi connectivity index (χ4n) is 1.35. The lowest BCUT2D eigenvalue weighted by Gasteiger charge is -1.99. The molecule has 18 heavy (non-hydrogen) atoms. The van der Waals surface area contributed by atoms with Crippen LogP contribution in [0.5, 0.6) is 5.75 Å². The minimum atomic E-state index is -0.133. The van der Waals surface area contributed by atoms with Crippen LogP contribution < -0.4 is 0 Å². The fourth-order valence-corrected chi connectivity index (χ4v) is 2.70. The van der Waals surface area contributed by atoms with Crippen molar-refractivity contribution in [2.24, 2.45) is 0 Å². The van der Waals surface area contributed by atoms with Crippen LogP contribution in [-0.4, -0.2) is 10.9 Å². The number of rotatable bonds is 3. The molecular formula is C13H8BrClO2S. The molecule has 0 aliphatic rings. The summed E-state index contributed by atoms with van der Waals surface area (Å²) in [7, 11) is 0. The molecule has 2 aromatic rings. The summed E-state index contributed by atoms with van der Waals surface area (Å²) in [5, 5.41) is 9.62. The number of halogens is 2. The Hall–Kier alpha value is -1.10. The Labute approximate surface area is 122 Å². The summed E-state index contributed by atoms with van der Waals surface area (Å²) in [4.78, 5) is 12.4. The maximum absolute atomic E-state index is 11.8. The maximum atomic E-state index is 11.8. The predicted molar refractivity (Wildman–Crippen MR) is 78.5 cm³/mol. The molecule has 0 aliphatic carbocycles. The van der Waals surface area contributed by atoms with Crippen molar-refractivity contribution in [1.29, 1.82) is 0 Å². The molecule has 2 nitrogen and oxygen atoms in total. The van der Waals surface area contributed by atoms with Crippen LogP contribution in [0.1, 0.15) is 15.2 Å². The van der Waals surface area contributed by atoms with E-state index in [1.54, 1.807) is 36.4 Å². The molecular weight excluding hydrogens is 336 g/mol. The molecule has 1 aromatic heterocycles. The highest BCUT2D eigenvalue weighted by Gasteiger charge is 2.05. The van der Waals surface area contributed by atoms with Gasteiger partial charge in [0.15, 0.2) is 5.78 Å². The molecule has 0 atom stereocenters. The van der Waals surface area contributed by atoms with Crippen molar-refractivity contribution in [2.75, 3.05) is 0 Å². The highest BCUT2D eigenvalue weighted by Crippen LogP contribution is 2.25. The van der Waals surface area contributed by atoms with Gasteiger partial charge in [0.25, 0.3) is 0 Å². The molecule has 0 saturated heterocycles. The fraction of sp³-hybridized carbons (Fsp3) is 0. The summed E-state index contributed by atoms with van der Waals surface area (Å²) < 4.78 is 1.42. The molecule has 0 radical (unpaired) electrons. The van der Waals surface area contributed by atoms with Gasteiger partial charge in [0, 0.05) is 10.0 Å². The van der Waals surface area contributed by atoms with Gasteiger partial charge in [-0.3, -0.25) is 4.79 Å². The number of phenols is 1. The number of carbonyl (C=O) groups excluding carboxylic acids is 1. The van der Waals surface area contributed by atoms with E-state index in [9.17, 15) is 9.90 Å². The number of thiophene rings is 1. The molecule has 1 heterocycles. The third-order valence-electron chi connectivity index (χ3n) is 2.22. The lowest BCUT2D eigenvalue weighted by Crippen LogP contribution is -1.88. The number of hydrogen-bond acceptors (Lipinski definition) is 3. The third kappa shape index (κ3) is 3.22. The minimum absolute atomic E-state index is 0.131. The average molecular weight is 344 g/mol. The molecule has 0 saturated carbocycles. The maximum Gasteiger partial charge on any atom is 0.195 e. The van der Waals surface area contributed by atoms with Crippen LogP contribution in [0.2, 0.25) is 4.34 Å². The highest BCUT2D eigenvalue weighted by atomic mass is 79.9. The van der Waals surface area contributed by atoms with Crippen LogP contribution in [0.25, 0.3) is 6.08 Å². The third-order valence-corrected chi connectivity index (χ3v) is 3.96. The van der Waals surface area contributed by atoms with Crippen LogP contribution >= 0.6 is 38.9 Å². The second-order valence-electron chi connectivity index (χ2n) is 3.50. The first-order valence-corrected chi connectivity index (χ1v) is 7.01. The van der Waals surface area contributed by atoms with Crippen molar-refractivity contribution in [3.05, 3.63) is 55.7 Å². The van der Waals surface area contributed by atoms with E-state index in [4.69, 9.17) is 11.6 Å². The Morgan fingerprint density at radius 2 is 2.11 bits per heavy atom. The summed E-state index contributed by atoms with van der Waals surface area (Å²) in [6.07, 6.45) is 3.00. The number of ketones is 1. The Morgan fingerprint density at radius 3 is 2.78 bits per heavy atom.